The van der Waals surface area contributed by atoms with Gasteiger partial charge in [0.05, 0.1) is 48.8 Å². The number of hydrogen-bond acceptors (Lipinski definition) is 10. The number of aliphatic hydroxyl groups is 1. The Balaban J connectivity index is 1.75. The number of benzene rings is 2. The maximum Gasteiger partial charge on any atom is 0.410 e. The van der Waals surface area contributed by atoms with Gasteiger partial charge in [-0.2, -0.15) is 0 Å². The van der Waals surface area contributed by atoms with Gasteiger partial charge in [-0.3, -0.25) is 24.1 Å². The van der Waals surface area contributed by atoms with Crippen molar-refractivity contribution in [3.8, 4) is 0 Å². The van der Waals surface area contributed by atoms with Gasteiger partial charge >= 0.3 is 6.09 Å². The molecule has 0 bridgehead atoms. The fraction of sp³-hybridized carbons (Fsp3) is 0.646. The number of likely N-dealkylation sites (N-methyl/N-ethyl adjacent to an activating group) is 2. The van der Waals surface area contributed by atoms with E-state index in [9.17, 15) is 29.1 Å². The lowest BCUT2D eigenvalue weighted by molar-refractivity contribution is -0.148. The van der Waals surface area contributed by atoms with Crippen molar-refractivity contribution in [2.75, 3.05) is 47.2 Å². The highest BCUT2D eigenvalue weighted by Crippen LogP contribution is 2.30. The highest BCUT2D eigenvalue weighted by Gasteiger charge is 2.43. The van der Waals surface area contributed by atoms with Crippen LogP contribution in [0.25, 0.3) is 0 Å². The second-order valence-corrected chi connectivity index (χ2v) is 17.8. The molecule has 2 aromatic carbocycles. The molecule has 1 fully saturated rings. The van der Waals surface area contributed by atoms with E-state index in [1.165, 1.54) is 26.2 Å². The molecule has 3 rings (SSSR count). The summed E-state index contributed by atoms with van der Waals surface area (Å²) in [5, 5.41) is 19.8. The Kier molecular flexibility index (Phi) is 20.8. The molecule has 15 nitrogen and oxygen atoms in total. The number of amides is 5. The van der Waals surface area contributed by atoms with Crippen LogP contribution in [0.5, 0.6) is 0 Å². The maximum absolute atomic E-state index is 14.5. The molecule has 1 aliphatic heterocycles. The molecule has 1 aliphatic rings. The molecule has 2 aromatic rings. The number of carbonyl (C=O) groups is 5. The molecule has 0 radical (unpaired) electrons. The number of hydrogen-bond donors (Lipinski definition) is 4. The van der Waals surface area contributed by atoms with E-state index in [-0.39, 0.29) is 54.5 Å². The molecule has 4 N–H and O–H groups in total. The van der Waals surface area contributed by atoms with E-state index in [0.29, 0.717) is 24.9 Å². The average Bonchev–Trinajstić information content (AvgIpc) is 3.76. The molecule has 15 heteroatoms. The van der Waals surface area contributed by atoms with Crippen LogP contribution in [0.3, 0.4) is 0 Å². The predicted molar refractivity (Wildman–Crippen MR) is 244 cm³/mol. The minimum absolute atomic E-state index is 0.0278. The summed E-state index contributed by atoms with van der Waals surface area (Å²) >= 11 is 0. The molecule has 63 heavy (non-hydrogen) atoms. The molecule has 1 unspecified atom stereocenters. The van der Waals surface area contributed by atoms with E-state index in [0.717, 1.165) is 17.7 Å². The van der Waals surface area contributed by atoms with Crippen molar-refractivity contribution in [1.29, 1.82) is 0 Å². The van der Waals surface area contributed by atoms with Gasteiger partial charge in [0.1, 0.15) is 18.7 Å². The number of likely N-dealkylation sites (tertiary alicyclic amines) is 1. The van der Waals surface area contributed by atoms with Crippen molar-refractivity contribution in [2.45, 2.75) is 136 Å². The summed E-state index contributed by atoms with van der Waals surface area (Å²) in [4.78, 5) is 74.3. The highest BCUT2D eigenvalue weighted by atomic mass is 16.6. The number of ether oxygens (including phenoxy) is 3. The minimum atomic E-state index is -0.951. The molecule has 0 aliphatic carbocycles. The van der Waals surface area contributed by atoms with Gasteiger partial charge in [0.15, 0.2) is 0 Å². The van der Waals surface area contributed by atoms with Crippen LogP contribution in [0, 0.1) is 23.7 Å². The Hall–Kier alpha value is -4.73. The van der Waals surface area contributed by atoms with Crippen molar-refractivity contribution in [2.24, 2.45) is 23.7 Å². The third-order valence-electron chi connectivity index (χ3n) is 12.7. The number of carbonyl (C=O) groups excluding carboxylic acids is 5. The number of anilines is 1. The highest BCUT2D eigenvalue weighted by molar-refractivity contribution is 5.91. The molecular weight excluding hydrogens is 805 g/mol. The smallest absolute Gasteiger partial charge is 0.410 e. The van der Waals surface area contributed by atoms with Gasteiger partial charge in [-0.05, 0) is 60.8 Å². The van der Waals surface area contributed by atoms with Crippen LogP contribution in [-0.2, 0) is 40.0 Å². The lowest BCUT2D eigenvalue weighted by atomic mass is 9.89. The molecule has 1 saturated heterocycles. The van der Waals surface area contributed by atoms with E-state index < -0.39 is 60.4 Å². The van der Waals surface area contributed by atoms with Crippen LogP contribution in [0.4, 0.5) is 10.5 Å². The zero-order valence-electron chi connectivity index (χ0n) is 39.9. The maximum atomic E-state index is 14.5. The van der Waals surface area contributed by atoms with Crippen molar-refractivity contribution < 1.29 is 43.3 Å². The van der Waals surface area contributed by atoms with Crippen molar-refractivity contribution >= 4 is 35.4 Å². The van der Waals surface area contributed by atoms with E-state index in [2.05, 4.69) is 16.0 Å². The summed E-state index contributed by atoms with van der Waals surface area (Å²) in [5.74, 6) is -2.68. The number of nitrogens with zero attached hydrogens (tertiary/aromatic N) is 3. The second-order valence-electron chi connectivity index (χ2n) is 17.8. The molecule has 0 spiro atoms. The quantitative estimate of drug-likeness (QED) is 0.110. The molecule has 0 saturated carbocycles. The second kappa shape index (κ2) is 24.9. The lowest BCUT2D eigenvalue weighted by Crippen LogP contribution is -2.60. The zero-order valence-corrected chi connectivity index (χ0v) is 39.9. The Morgan fingerprint density at radius 3 is 2.02 bits per heavy atom. The predicted octanol–water partition coefficient (Wildman–Crippen LogP) is 5.62. The number of methoxy groups -OCH3 is 2. The zero-order chi connectivity index (χ0) is 47.1. The van der Waals surface area contributed by atoms with E-state index in [1.54, 1.807) is 30.7 Å². The summed E-state index contributed by atoms with van der Waals surface area (Å²) in [6, 6.07) is 13.2. The topological polar surface area (TPSA) is 179 Å². The first kappa shape index (κ1) is 52.6. The van der Waals surface area contributed by atoms with Crippen LogP contribution in [0.2, 0.25) is 0 Å². The summed E-state index contributed by atoms with van der Waals surface area (Å²) in [7, 11) is 8.09. The Morgan fingerprint density at radius 2 is 1.48 bits per heavy atom. The first-order valence-corrected chi connectivity index (χ1v) is 22.4. The fourth-order valence-electron chi connectivity index (χ4n) is 8.71. The largest absolute Gasteiger partial charge is 0.445 e. The monoisotopic (exact) mass is 881 g/mol. The summed E-state index contributed by atoms with van der Waals surface area (Å²) in [5.41, 5.74) is 2.41. The van der Waals surface area contributed by atoms with Crippen LogP contribution in [0.1, 0.15) is 98.3 Å². The van der Waals surface area contributed by atoms with Gasteiger partial charge in [-0.1, -0.05) is 97.4 Å². The first-order chi connectivity index (χ1) is 29.8. The van der Waals surface area contributed by atoms with Gasteiger partial charge in [0.2, 0.25) is 23.6 Å². The number of nitrogens with one attached hydrogen (secondary N) is 3. The Bertz CT molecular complexity index is 1760. The molecule has 352 valence electrons. The van der Waals surface area contributed by atoms with Gasteiger partial charge in [-0.25, -0.2) is 4.79 Å². The van der Waals surface area contributed by atoms with Gasteiger partial charge in [0, 0.05) is 47.6 Å². The van der Waals surface area contributed by atoms with Crippen LogP contribution >= 0.6 is 0 Å². The average molecular weight is 881 g/mol. The normalized spacial score (nSPS) is 18.3. The van der Waals surface area contributed by atoms with Gasteiger partial charge in [0.25, 0.3) is 0 Å². The van der Waals surface area contributed by atoms with Crippen LogP contribution in [0.15, 0.2) is 54.6 Å². The van der Waals surface area contributed by atoms with E-state index in [4.69, 9.17) is 14.2 Å². The third-order valence-corrected chi connectivity index (χ3v) is 12.7. The van der Waals surface area contributed by atoms with Crippen molar-refractivity contribution in [1.82, 2.24) is 25.3 Å². The molecule has 1 heterocycles. The fourth-order valence-corrected chi connectivity index (χ4v) is 8.71. The van der Waals surface area contributed by atoms with E-state index >= 15 is 0 Å². The van der Waals surface area contributed by atoms with Crippen LogP contribution < -0.4 is 16.0 Å². The van der Waals surface area contributed by atoms with E-state index in [1.807, 2.05) is 103 Å². The van der Waals surface area contributed by atoms with Crippen molar-refractivity contribution in [3.63, 3.8) is 0 Å². The van der Waals surface area contributed by atoms with Gasteiger partial charge in [-0.15, -0.1) is 0 Å². The number of rotatable bonds is 23. The molecule has 10 atom stereocenters. The summed E-state index contributed by atoms with van der Waals surface area (Å²) in [6.45, 7) is 15.4. The first-order valence-electron chi connectivity index (χ1n) is 22.4. The Labute approximate surface area is 375 Å². The molecule has 0 aromatic heterocycles. The standard InChI is InChI=1S/C48H76N6O9/c1-14-31(6)42(52(10)47(59)40(29(2)3)51-46(58)41(30(4)5)53(11)48(60)63-28-34-22-24-36(49-9)25-23-34)38(61-12)27-39(55)54-26-18-21-37(54)44(62-13)32(7)45(57)50-33(8)43(56)35-19-16-15-17-20-35/h15-17,19-20,22-25,29-33,37-38,40-44,49,56H,14,18,21,26-28H2,1-13H3,(H,50,57)(H,51,58)/t31-,32+,33+,37-,38?,40-,41-,42-,43+,44+/m0/s1. The summed E-state index contributed by atoms with van der Waals surface area (Å²) in [6.07, 6.45) is -0.873. The van der Waals surface area contributed by atoms with Crippen molar-refractivity contribution in [3.05, 3.63) is 65.7 Å². The molecular formula is C48H76N6O9. The van der Waals surface area contributed by atoms with Crippen LogP contribution in [-0.4, -0.2) is 134 Å². The lowest BCUT2D eigenvalue weighted by Gasteiger charge is -2.41. The summed E-state index contributed by atoms with van der Waals surface area (Å²) < 4.78 is 17.6. The molecule has 5 amide bonds. The number of aliphatic hydroxyl groups excluding tert-OH is 1. The SMILES string of the molecule is CC[C@H](C)[C@@H](C(CC(=O)N1CCC[C@H]1[C@H](OC)[C@@H](C)C(=O)N[C@H](C)[C@@H](O)c1ccccc1)OC)N(C)C(=O)[C@@H](NC(=O)[C@H](C(C)C)N(C)C(=O)OCc1ccc(NC)cc1)C(C)C. The Morgan fingerprint density at radius 1 is 0.841 bits per heavy atom. The minimum Gasteiger partial charge on any atom is -0.445 e. The third kappa shape index (κ3) is 13.9. The van der Waals surface area contributed by atoms with Gasteiger partial charge < -0.3 is 45.1 Å².